The van der Waals surface area contributed by atoms with E-state index in [9.17, 15) is 4.79 Å². The number of carbonyl (C=O) groups excluding carboxylic acids is 1. The topological polar surface area (TPSA) is 115 Å². The van der Waals surface area contributed by atoms with Crippen LogP contribution in [0.5, 0.6) is 0 Å². The van der Waals surface area contributed by atoms with Crippen LogP contribution in [0, 0.1) is 0 Å². The molecule has 0 aliphatic heterocycles. The molecule has 3 aromatic rings. The lowest BCUT2D eigenvalue weighted by Crippen LogP contribution is -2.26. The molecule has 0 atom stereocenters. The number of benzene rings is 1. The fourth-order valence-electron chi connectivity index (χ4n) is 2.83. The number of nitrogens with two attached hydrogens (primary N) is 1. The second-order valence-corrected chi connectivity index (χ2v) is 6.35. The summed E-state index contributed by atoms with van der Waals surface area (Å²) in [7, 11) is 3.63. The summed E-state index contributed by atoms with van der Waals surface area (Å²) in [5.41, 5.74) is 7.69. The minimum atomic E-state index is -0.0831. The number of anilines is 2. The maximum absolute atomic E-state index is 12.3. The zero-order chi connectivity index (χ0) is 19.4. The molecule has 9 heteroatoms. The Morgan fingerprint density at radius 1 is 1.19 bits per heavy atom. The Kier molecular flexibility index (Phi) is 5.49. The normalized spacial score (nSPS) is 10.9. The third kappa shape index (κ3) is 4.30. The van der Waals surface area contributed by atoms with Crippen LogP contribution in [0.25, 0.3) is 11.0 Å². The molecular weight excluding hydrogens is 344 g/mol. The van der Waals surface area contributed by atoms with E-state index < -0.39 is 0 Å². The fraction of sp³-hybridized carbons (Fsp3) is 0.389. The number of aryl methyl sites for hydroxylation is 2. The number of imidazole rings is 1. The summed E-state index contributed by atoms with van der Waals surface area (Å²) in [5.74, 6) is 1.92. The van der Waals surface area contributed by atoms with Crippen LogP contribution in [0.15, 0.2) is 24.3 Å². The fourth-order valence-corrected chi connectivity index (χ4v) is 2.83. The lowest BCUT2D eigenvalue weighted by atomic mass is 10.3. The van der Waals surface area contributed by atoms with Crippen LogP contribution in [0.3, 0.4) is 0 Å². The summed E-state index contributed by atoms with van der Waals surface area (Å²) in [6.07, 6.45) is 1.15. The Balaban J connectivity index is 1.63. The van der Waals surface area contributed by atoms with E-state index in [4.69, 9.17) is 5.73 Å². The number of nitrogens with zero attached hydrogens (tertiary/aromatic N) is 6. The van der Waals surface area contributed by atoms with Gasteiger partial charge in [0.15, 0.2) is 5.82 Å². The highest BCUT2D eigenvalue weighted by Gasteiger charge is 2.12. The zero-order valence-electron chi connectivity index (χ0n) is 15.8. The van der Waals surface area contributed by atoms with Gasteiger partial charge in [0.05, 0.1) is 17.6 Å². The van der Waals surface area contributed by atoms with E-state index in [0.717, 1.165) is 23.3 Å². The summed E-state index contributed by atoms with van der Waals surface area (Å²) >= 11 is 0. The number of hydrogen-bond donors (Lipinski definition) is 2. The molecule has 2 heterocycles. The Bertz CT molecular complexity index is 950. The first-order chi connectivity index (χ1) is 13.0. The smallest absolute Gasteiger partial charge is 0.229 e. The Morgan fingerprint density at radius 2 is 1.96 bits per heavy atom. The van der Waals surface area contributed by atoms with Crippen molar-refractivity contribution in [1.29, 1.82) is 0 Å². The lowest BCUT2D eigenvalue weighted by Gasteiger charge is -2.12. The van der Waals surface area contributed by atoms with Crippen LogP contribution in [-0.4, -0.2) is 44.5 Å². The largest absolute Gasteiger partial charge is 0.368 e. The molecule has 0 aliphatic rings. The van der Waals surface area contributed by atoms with Gasteiger partial charge in [0.25, 0.3) is 0 Å². The monoisotopic (exact) mass is 368 g/mol. The summed E-state index contributed by atoms with van der Waals surface area (Å²) in [6.45, 7) is 2.83. The van der Waals surface area contributed by atoms with Crippen molar-refractivity contribution in [3.05, 3.63) is 35.9 Å². The van der Waals surface area contributed by atoms with Gasteiger partial charge in [0, 0.05) is 33.5 Å². The molecule has 1 aromatic carbocycles. The van der Waals surface area contributed by atoms with Gasteiger partial charge in [-0.25, -0.2) is 4.98 Å². The van der Waals surface area contributed by atoms with Crippen LogP contribution in [0.4, 0.5) is 11.9 Å². The second kappa shape index (κ2) is 7.98. The van der Waals surface area contributed by atoms with Crippen LogP contribution in [0.2, 0.25) is 0 Å². The van der Waals surface area contributed by atoms with Crippen LogP contribution < -0.4 is 16.0 Å². The van der Waals surface area contributed by atoms with Gasteiger partial charge in [0.1, 0.15) is 5.82 Å². The number of nitrogen functional groups attached to an aromatic ring is 1. The second-order valence-electron chi connectivity index (χ2n) is 6.35. The first kappa shape index (κ1) is 18.6. The predicted octanol–water partition coefficient (Wildman–Crippen LogP) is 1.14. The van der Waals surface area contributed by atoms with Gasteiger partial charge < -0.3 is 20.5 Å². The molecule has 0 radical (unpaired) electrons. The molecule has 3 N–H and O–H groups in total. The van der Waals surface area contributed by atoms with E-state index in [2.05, 4.69) is 36.7 Å². The summed E-state index contributed by atoms with van der Waals surface area (Å²) in [6, 6.07) is 7.95. The molecule has 1 amide bonds. The quantitative estimate of drug-likeness (QED) is 0.642. The highest BCUT2D eigenvalue weighted by atomic mass is 16.1. The molecule has 0 saturated carbocycles. The molecule has 3 rings (SSSR count). The molecule has 142 valence electrons. The number of amides is 1. The molecule has 2 aromatic heterocycles. The minimum Gasteiger partial charge on any atom is -0.368 e. The highest BCUT2D eigenvalue weighted by Crippen LogP contribution is 2.17. The van der Waals surface area contributed by atoms with E-state index >= 15 is 0 Å². The number of aromatic nitrogens is 5. The van der Waals surface area contributed by atoms with Gasteiger partial charge in [-0.3, -0.25) is 4.79 Å². The van der Waals surface area contributed by atoms with Crippen LogP contribution in [-0.2, 0) is 24.3 Å². The third-order valence-electron chi connectivity index (χ3n) is 4.14. The average molecular weight is 368 g/mol. The molecule has 0 bridgehead atoms. The van der Waals surface area contributed by atoms with E-state index in [1.54, 1.807) is 4.90 Å². The van der Waals surface area contributed by atoms with Gasteiger partial charge in [-0.1, -0.05) is 19.1 Å². The minimum absolute atomic E-state index is 0.0831. The average Bonchev–Trinajstić information content (AvgIpc) is 3.02. The van der Waals surface area contributed by atoms with Crippen molar-refractivity contribution in [3.63, 3.8) is 0 Å². The standard InChI is InChI=1S/C18H24N8O/c1-4-15-21-12-7-5-6-8-13(12)26(15)10-9-16(27)20-11-14-22-17(19)24-18(23-14)25(2)3/h5-8H,4,9-11H2,1-3H3,(H,20,27)(H2,19,22,23,24). The summed E-state index contributed by atoms with van der Waals surface area (Å²) in [4.78, 5) is 31.0. The Morgan fingerprint density at radius 3 is 2.70 bits per heavy atom. The van der Waals surface area contributed by atoms with Gasteiger partial charge in [-0.05, 0) is 12.1 Å². The van der Waals surface area contributed by atoms with Gasteiger partial charge >= 0.3 is 0 Å². The number of fused-ring (bicyclic) bond motifs is 1. The molecular formula is C18H24N8O. The Hall–Kier alpha value is -3.23. The molecule has 0 unspecified atom stereocenters. The predicted molar refractivity (Wildman–Crippen MR) is 104 cm³/mol. The molecule has 0 saturated heterocycles. The zero-order valence-corrected chi connectivity index (χ0v) is 15.8. The molecule has 27 heavy (non-hydrogen) atoms. The number of carbonyl (C=O) groups is 1. The van der Waals surface area contributed by atoms with Crippen molar-refractivity contribution in [2.75, 3.05) is 24.7 Å². The summed E-state index contributed by atoms with van der Waals surface area (Å²) < 4.78 is 2.10. The van der Waals surface area contributed by atoms with Crippen molar-refractivity contribution in [2.24, 2.45) is 0 Å². The molecule has 0 spiro atoms. The number of para-hydroxylation sites is 2. The van der Waals surface area contributed by atoms with Crippen molar-refractivity contribution in [2.45, 2.75) is 32.9 Å². The third-order valence-corrected chi connectivity index (χ3v) is 4.14. The van der Waals surface area contributed by atoms with Gasteiger partial charge in [-0.2, -0.15) is 15.0 Å². The number of hydrogen-bond acceptors (Lipinski definition) is 7. The number of rotatable bonds is 7. The summed E-state index contributed by atoms with van der Waals surface area (Å²) in [5, 5.41) is 2.84. The molecule has 0 aliphatic carbocycles. The highest BCUT2D eigenvalue weighted by molar-refractivity contribution is 5.78. The van der Waals surface area contributed by atoms with Crippen molar-refractivity contribution in [1.82, 2.24) is 29.8 Å². The first-order valence-corrected chi connectivity index (χ1v) is 8.86. The maximum atomic E-state index is 12.3. The van der Waals surface area contributed by atoms with Crippen molar-refractivity contribution < 1.29 is 4.79 Å². The van der Waals surface area contributed by atoms with E-state index in [1.807, 2.05) is 38.4 Å². The Labute approximate surface area is 157 Å². The van der Waals surface area contributed by atoms with Crippen LogP contribution in [0.1, 0.15) is 25.0 Å². The van der Waals surface area contributed by atoms with Crippen molar-refractivity contribution in [3.8, 4) is 0 Å². The SMILES string of the molecule is CCc1nc2ccccc2n1CCC(=O)NCc1nc(N)nc(N(C)C)n1. The van der Waals surface area contributed by atoms with Crippen LogP contribution >= 0.6 is 0 Å². The van der Waals surface area contributed by atoms with Gasteiger partial charge in [-0.15, -0.1) is 0 Å². The van der Waals surface area contributed by atoms with E-state index in [0.29, 0.717) is 24.7 Å². The lowest BCUT2D eigenvalue weighted by molar-refractivity contribution is -0.121. The van der Waals surface area contributed by atoms with Gasteiger partial charge in [0.2, 0.25) is 17.8 Å². The molecule has 0 fully saturated rings. The van der Waals surface area contributed by atoms with E-state index in [-0.39, 0.29) is 18.4 Å². The maximum Gasteiger partial charge on any atom is 0.229 e. The molecule has 9 nitrogen and oxygen atoms in total. The number of nitrogens with one attached hydrogen (secondary N) is 1. The van der Waals surface area contributed by atoms with E-state index in [1.165, 1.54) is 0 Å². The first-order valence-electron chi connectivity index (χ1n) is 8.86. The van der Waals surface area contributed by atoms with Crippen molar-refractivity contribution >= 4 is 28.8 Å².